The van der Waals surface area contributed by atoms with Gasteiger partial charge in [-0.3, -0.25) is 4.79 Å². The largest absolute Gasteiger partial charge is 0.478 e. The number of nitrogens with one attached hydrogen (secondary N) is 1. The lowest BCUT2D eigenvalue weighted by atomic mass is 10.1. The van der Waals surface area contributed by atoms with E-state index in [1.807, 2.05) is 0 Å². The summed E-state index contributed by atoms with van der Waals surface area (Å²) in [5.41, 5.74) is 0.646. The van der Waals surface area contributed by atoms with Crippen LogP contribution in [0.4, 0.5) is 0 Å². The monoisotopic (exact) mass is 267 g/mol. The van der Waals surface area contributed by atoms with E-state index in [2.05, 4.69) is 5.32 Å². The summed E-state index contributed by atoms with van der Waals surface area (Å²) in [6, 6.07) is 4.92. The van der Waals surface area contributed by atoms with Crippen molar-refractivity contribution in [2.24, 2.45) is 0 Å². The minimum atomic E-state index is -1.05. The van der Waals surface area contributed by atoms with Gasteiger partial charge in [0.15, 0.2) is 0 Å². The van der Waals surface area contributed by atoms with Crippen molar-refractivity contribution >= 4 is 29.6 Å². The van der Waals surface area contributed by atoms with Crippen LogP contribution in [0.25, 0.3) is 6.08 Å². The number of hydrogen-bond acceptors (Lipinski definition) is 2. The highest BCUT2D eigenvalue weighted by Gasteiger charge is 2.11. The number of amides is 1. The second-order valence-electron chi connectivity index (χ2n) is 3.68. The van der Waals surface area contributed by atoms with Crippen molar-refractivity contribution in [2.75, 3.05) is 6.54 Å². The Morgan fingerprint density at radius 2 is 2.17 bits per heavy atom. The highest BCUT2D eigenvalue weighted by Crippen LogP contribution is 2.21. The molecule has 4 nitrogen and oxygen atoms in total. The molecule has 0 saturated carbocycles. The van der Waals surface area contributed by atoms with E-state index >= 15 is 0 Å². The van der Waals surface area contributed by atoms with Crippen LogP contribution in [0.5, 0.6) is 0 Å². The average molecular weight is 268 g/mol. The number of carbonyl (C=O) groups excluding carboxylic acids is 1. The van der Waals surface area contributed by atoms with Crippen LogP contribution in [-0.4, -0.2) is 23.5 Å². The highest BCUT2D eigenvalue weighted by molar-refractivity contribution is 6.33. The van der Waals surface area contributed by atoms with Gasteiger partial charge >= 0.3 is 5.97 Å². The van der Waals surface area contributed by atoms with Gasteiger partial charge in [-0.25, -0.2) is 4.79 Å². The molecular weight excluding hydrogens is 254 g/mol. The number of benzene rings is 1. The first kappa shape index (κ1) is 14.3. The molecule has 1 aromatic carbocycles. The van der Waals surface area contributed by atoms with Gasteiger partial charge in [-0.2, -0.15) is 0 Å². The van der Waals surface area contributed by atoms with E-state index in [0.29, 0.717) is 18.5 Å². The van der Waals surface area contributed by atoms with Gasteiger partial charge in [0.2, 0.25) is 5.91 Å². The van der Waals surface area contributed by atoms with Crippen LogP contribution in [0.15, 0.2) is 24.3 Å². The quantitative estimate of drug-likeness (QED) is 0.806. The van der Waals surface area contributed by atoms with Crippen LogP contribution in [-0.2, 0) is 4.79 Å². The Morgan fingerprint density at radius 3 is 2.78 bits per heavy atom. The fourth-order valence-corrected chi connectivity index (χ4v) is 1.71. The maximum atomic E-state index is 11.0. The van der Waals surface area contributed by atoms with E-state index in [9.17, 15) is 9.59 Å². The summed E-state index contributed by atoms with van der Waals surface area (Å²) in [6.07, 6.45) is 4.12. The number of carboxylic acids is 1. The molecule has 1 amide bonds. The van der Waals surface area contributed by atoms with E-state index < -0.39 is 5.97 Å². The second-order valence-corrected chi connectivity index (χ2v) is 4.09. The van der Waals surface area contributed by atoms with E-state index in [1.165, 1.54) is 6.92 Å². The second kappa shape index (κ2) is 6.81. The highest BCUT2D eigenvalue weighted by atomic mass is 35.5. The minimum Gasteiger partial charge on any atom is -0.478 e. The average Bonchev–Trinajstić information content (AvgIpc) is 2.27. The van der Waals surface area contributed by atoms with Crippen LogP contribution >= 0.6 is 11.6 Å². The predicted molar refractivity (Wildman–Crippen MR) is 70.7 cm³/mol. The lowest BCUT2D eigenvalue weighted by Crippen LogP contribution is -2.20. The molecule has 0 fully saturated rings. The van der Waals surface area contributed by atoms with Gasteiger partial charge in [-0.05, 0) is 18.1 Å². The summed E-state index contributed by atoms with van der Waals surface area (Å²) in [5, 5.41) is 11.9. The van der Waals surface area contributed by atoms with Gasteiger partial charge in [-0.1, -0.05) is 35.9 Å². The molecule has 96 valence electrons. The molecule has 0 bridgehead atoms. The fraction of sp³-hybridized carbons (Fsp3) is 0.231. The third-order valence-electron chi connectivity index (χ3n) is 2.24. The molecule has 0 aromatic heterocycles. The third kappa shape index (κ3) is 4.22. The van der Waals surface area contributed by atoms with E-state index in [1.54, 1.807) is 30.4 Å². The minimum absolute atomic E-state index is 0.0858. The molecule has 0 aliphatic carbocycles. The maximum absolute atomic E-state index is 11.0. The molecule has 1 aromatic rings. The van der Waals surface area contributed by atoms with Crippen molar-refractivity contribution < 1.29 is 14.7 Å². The number of carbonyl (C=O) groups is 2. The Hall–Kier alpha value is -1.81. The van der Waals surface area contributed by atoms with Crippen LogP contribution in [0, 0.1) is 0 Å². The third-order valence-corrected chi connectivity index (χ3v) is 2.56. The molecule has 2 N–H and O–H groups in total. The Balaban J connectivity index is 2.72. The number of hydrogen-bond donors (Lipinski definition) is 2. The first-order valence-corrected chi connectivity index (χ1v) is 5.83. The molecule has 0 unspecified atom stereocenters. The smallest absolute Gasteiger partial charge is 0.337 e. The molecule has 0 heterocycles. The lowest BCUT2D eigenvalue weighted by Gasteiger charge is -2.03. The topological polar surface area (TPSA) is 66.4 Å². The van der Waals surface area contributed by atoms with E-state index in [4.69, 9.17) is 16.7 Å². The molecule has 0 aliphatic heterocycles. The van der Waals surface area contributed by atoms with Crippen molar-refractivity contribution in [1.82, 2.24) is 5.32 Å². The summed E-state index contributed by atoms with van der Waals surface area (Å²) in [5.74, 6) is -1.14. The Kier molecular flexibility index (Phi) is 5.39. The normalized spacial score (nSPS) is 10.6. The van der Waals surface area contributed by atoms with Gasteiger partial charge < -0.3 is 10.4 Å². The number of rotatable bonds is 5. The molecule has 0 radical (unpaired) electrons. The van der Waals surface area contributed by atoms with Crippen LogP contribution < -0.4 is 5.32 Å². The first-order chi connectivity index (χ1) is 8.52. The van der Waals surface area contributed by atoms with Crippen molar-refractivity contribution in [3.05, 3.63) is 40.4 Å². The van der Waals surface area contributed by atoms with Gasteiger partial charge in [0.1, 0.15) is 0 Å². The molecule has 0 atom stereocenters. The fourth-order valence-electron chi connectivity index (χ4n) is 1.45. The van der Waals surface area contributed by atoms with Gasteiger partial charge in [0, 0.05) is 13.5 Å². The number of carboxylic acid groups (broad SMARTS) is 1. The predicted octanol–water partition coefficient (Wildman–Crippen LogP) is 2.58. The summed E-state index contributed by atoms with van der Waals surface area (Å²) < 4.78 is 0. The SMILES string of the molecule is CC(=O)NCCC=Cc1cccc(Cl)c1C(=O)O. The van der Waals surface area contributed by atoms with Crippen LogP contribution in [0.2, 0.25) is 5.02 Å². The van der Waals surface area contributed by atoms with Crippen LogP contribution in [0.1, 0.15) is 29.3 Å². The van der Waals surface area contributed by atoms with Crippen LogP contribution in [0.3, 0.4) is 0 Å². The summed E-state index contributed by atoms with van der Waals surface area (Å²) in [4.78, 5) is 21.7. The Bertz CT molecular complexity index is 483. The molecular formula is C13H14ClNO3. The molecule has 0 saturated heterocycles. The molecule has 0 spiro atoms. The van der Waals surface area contributed by atoms with Crippen molar-refractivity contribution in [3.63, 3.8) is 0 Å². The van der Waals surface area contributed by atoms with Crippen molar-refractivity contribution in [2.45, 2.75) is 13.3 Å². The molecule has 1 rings (SSSR count). The maximum Gasteiger partial charge on any atom is 0.337 e. The van der Waals surface area contributed by atoms with E-state index in [-0.39, 0.29) is 16.5 Å². The summed E-state index contributed by atoms with van der Waals surface area (Å²) in [7, 11) is 0. The standard InChI is InChI=1S/C13H14ClNO3/c1-9(16)15-8-3-2-5-10-6-4-7-11(14)12(10)13(17)18/h2,4-7H,3,8H2,1H3,(H,15,16)(H,17,18). The first-order valence-electron chi connectivity index (χ1n) is 5.45. The van der Waals surface area contributed by atoms with Gasteiger partial charge in [0.05, 0.1) is 10.6 Å². The van der Waals surface area contributed by atoms with Gasteiger partial charge in [-0.15, -0.1) is 0 Å². The summed E-state index contributed by atoms with van der Waals surface area (Å²) >= 11 is 5.83. The summed E-state index contributed by atoms with van der Waals surface area (Å²) in [6.45, 7) is 1.97. The number of aromatic carboxylic acids is 1. The number of halogens is 1. The molecule has 0 aliphatic rings. The molecule has 5 heteroatoms. The molecule has 18 heavy (non-hydrogen) atoms. The van der Waals surface area contributed by atoms with Crippen molar-refractivity contribution in [1.29, 1.82) is 0 Å². The van der Waals surface area contributed by atoms with Gasteiger partial charge in [0.25, 0.3) is 0 Å². The zero-order valence-electron chi connectivity index (χ0n) is 9.94. The Labute approximate surface area is 110 Å². The zero-order valence-corrected chi connectivity index (χ0v) is 10.7. The Morgan fingerprint density at radius 1 is 1.44 bits per heavy atom. The van der Waals surface area contributed by atoms with Crippen molar-refractivity contribution in [3.8, 4) is 0 Å². The zero-order chi connectivity index (χ0) is 13.5. The lowest BCUT2D eigenvalue weighted by molar-refractivity contribution is -0.118. The van der Waals surface area contributed by atoms with E-state index in [0.717, 1.165) is 0 Å².